The Balaban J connectivity index is 1.46. The molecule has 5 nitrogen and oxygen atoms in total. The van der Waals surface area contributed by atoms with Crippen molar-refractivity contribution >= 4 is 5.97 Å². The molecular weight excluding hydrogens is 488 g/mol. The van der Waals surface area contributed by atoms with Crippen LogP contribution in [-0.4, -0.2) is 46.2 Å². The van der Waals surface area contributed by atoms with E-state index in [2.05, 4.69) is 53.0 Å². The Morgan fingerprint density at radius 1 is 1.10 bits per heavy atom. The van der Waals surface area contributed by atoms with Crippen molar-refractivity contribution in [3.63, 3.8) is 0 Å². The first-order valence-corrected chi connectivity index (χ1v) is 15.4. The van der Waals surface area contributed by atoms with Crippen LogP contribution in [0.25, 0.3) is 0 Å². The highest BCUT2D eigenvalue weighted by molar-refractivity contribution is 5.90. The van der Waals surface area contributed by atoms with Crippen molar-refractivity contribution in [1.82, 2.24) is 0 Å². The summed E-state index contributed by atoms with van der Waals surface area (Å²) in [5.74, 6) is 1.76. The minimum absolute atomic E-state index is 0.0511. The van der Waals surface area contributed by atoms with Crippen LogP contribution in [0.5, 0.6) is 0 Å². The van der Waals surface area contributed by atoms with Crippen molar-refractivity contribution in [3.8, 4) is 0 Å². The highest BCUT2D eigenvalue weighted by Crippen LogP contribution is 2.60. The molecule has 1 heterocycles. The summed E-state index contributed by atoms with van der Waals surface area (Å²) in [7, 11) is 0. The second-order valence-corrected chi connectivity index (χ2v) is 13.7. The molecule has 9 atom stereocenters. The van der Waals surface area contributed by atoms with Crippen LogP contribution in [0.1, 0.15) is 91.9 Å². The molecule has 5 heteroatoms. The Labute approximate surface area is 236 Å². The second-order valence-electron chi connectivity index (χ2n) is 13.7. The van der Waals surface area contributed by atoms with Gasteiger partial charge in [-0.25, -0.2) is 4.79 Å². The summed E-state index contributed by atoms with van der Waals surface area (Å²) in [6, 6.07) is 0. The quantitative estimate of drug-likeness (QED) is 0.236. The number of rotatable bonds is 9. The van der Waals surface area contributed by atoms with E-state index in [0.717, 1.165) is 24.8 Å². The van der Waals surface area contributed by atoms with Crippen LogP contribution in [0, 0.1) is 40.9 Å². The zero-order chi connectivity index (χ0) is 28.5. The average molecular weight is 541 g/mol. The summed E-state index contributed by atoms with van der Waals surface area (Å²) in [6.45, 7) is 17.5. The number of carbonyl (C=O) groups is 1. The van der Waals surface area contributed by atoms with Crippen molar-refractivity contribution in [1.29, 1.82) is 0 Å². The number of aliphatic hydroxyl groups excluding tert-OH is 3. The maximum atomic E-state index is 12.4. The zero-order valence-electron chi connectivity index (χ0n) is 24.7. The van der Waals surface area contributed by atoms with Crippen molar-refractivity contribution in [2.24, 2.45) is 40.9 Å². The summed E-state index contributed by atoms with van der Waals surface area (Å²) >= 11 is 0. The first-order valence-electron chi connectivity index (χ1n) is 15.4. The van der Waals surface area contributed by atoms with Gasteiger partial charge in [-0.3, -0.25) is 0 Å². The predicted octanol–water partition coefficient (Wildman–Crippen LogP) is 6.30. The van der Waals surface area contributed by atoms with Gasteiger partial charge in [-0.05, 0) is 104 Å². The Kier molecular flexibility index (Phi) is 9.66. The average Bonchev–Trinajstić information content (AvgIpc) is 3.36. The third kappa shape index (κ3) is 6.16. The molecule has 1 saturated heterocycles. The number of fused-ring (bicyclic) bond motifs is 1. The normalized spacial score (nSPS) is 40.0. The Morgan fingerprint density at radius 3 is 2.54 bits per heavy atom. The van der Waals surface area contributed by atoms with Crippen LogP contribution in [0.4, 0.5) is 0 Å². The lowest BCUT2D eigenvalue weighted by Gasteiger charge is -2.45. The summed E-state index contributed by atoms with van der Waals surface area (Å²) in [6.07, 6.45) is 12.3. The summed E-state index contributed by atoms with van der Waals surface area (Å²) in [4.78, 5) is 12.4. The first kappa shape index (κ1) is 30.3. The second kappa shape index (κ2) is 12.4. The van der Waals surface area contributed by atoms with E-state index in [1.165, 1.54) is 31.3 Å². The molecular formula is C34H52O5. The lowest BCUT2D eigenvalue weighted by Crippen LogP contribution is -2.38. The van der Waals surface area contributed by atoms with Crippen LogP contribution < -0.4 is 0 Å². The maximum absolute atomic E-state index is 12.4. The van der Waals surface area contributed by atoms with Gasteiger partial charge in [0, 0.05) is 24.0 Å². The molecule has 4 fully saturated rings. The third-order valence-electron chi connectivity index (χ3n) is 10.8. The number of carbonyl (C=O) groups excluding carboxylic acids is 1. The maximum Gasteiger partial charge on any atom is 0.334 e. The van der Waals surface area contributed by atoms with Gasteiger partial charge in [0.05, 0.1) is 12.2 Å². The summed E-state index contributed by atoms with van der Waals surface area (Å²) in [5, 5.41) is 30.7. The van der Waals surface area contributed by atoms with Crippen molar-refractivity contribution in [2.45, 2.75) is 110 Å². The van der Waals surface area contributed by atoms with Crippen molar-refractivity contribution in [2.75, 3.05) is 6.61 Å². The van der Waals surface area contributed by atoms with E-state index < -0.39 is 12.2 Å². The number of hydrogen-bond donors (Lipinski definition) is 3. The van der Waals surface area contributed by atoms with E-state index in [9.17, 15) is 20.1 Å². The number of aliphatic hydroxyl groups is 3. The molecule has 218 valence electrons. The van der Waals surface area contributed by atoms with E-state index in [4.69, 9.17) is 4.74 Å². The van der Waals surface area contributed by atoms with Crippen LogP contribution in [0.2, 0.25) is 0 Å². The van der Waals surface area contributed by atoms with Crippen LogP contribution >= 0.6 is 0 Å². The number of esters is 1. The summed E-state index contributed by atoms with van der Waals surface area (Å²) < 4.78 is 5.85. The molecule has 3 aliphatic carbocycles. The zero-order valence-corrected chi connectivity index (χ0v) is 24.7. The van der Waals surface area contributed by atoms with Crippen LogP contribution in [0.3, 0.4) is 0 Å². The number of hydrogen-bond acceptors (Lipinski definition) is 5. The van der Waals surface area contributed by atoms with E-state index in [-0.39, 0.29) is 35.9 Å². The summed E-state index contributed by atoms with van der Waals surface area (Å²) in [5.41, 5.74) is 4.03. The molecule has 0 aromatic rings. The fraction of sp³-hybridized carbons (Fsp3) is 0.735. The van der Waals surface area contributed by atoms with Gasteiger partial charge in [0.15, 0.2) is 0 Å². The van der Waals surface area contributed by atoms with Gasteiger partial charge in [-0.2, -0.15) is 0 Å². The minimum atomic E-state index is -0.765. The largest absolute Gasteiger partial charge is 0.458 e. The van der Waals surface area contributed by atoms with Crippen LogP contribution in [0.15, 0.2) is 47.6 Å². The van der Waals surface area contributed by atoms with Gasteiger partial charge in [-0.15, -0.1) is 0 Å². The fourth-order valence-electron chi connectivity index (χ4n) is 8.66. The van der Waals surface area contributed by atoms with Crippen molar-refractivity contribution < 1.29 is 24.9 Å². The SMILES string of the molecule is C=C1/C(=C\C=C2/CCC[C@]3(C)[C@@H]([C@H](C)C[C@@H]4OC(=O)C(=C)[C@H]4CC(C)C)CC[C@@H]23)C[C@@H](O)[C@H](CCCO)[C@@H]1O. The highest BCUT2D eigenvalue weighted by atomic mass is 16.6. The first-order chi connectivity index (χ1) is 18.5. The van der Waals surface area contributed by atoms with E-state index in [1.54, 1.807) is 0 Å². The Morgan fingerprint density at radius 2 is 1.85 bits per heavy atom. The highest BCUT2D eigenvalue weighted by Gasteiger charge is 2.52. The number of cyclic esters (lactones) is 1. The van der Waals surface area contributed by atoms with Gasteiger partial charge in [0.1, 0.15) is 6.10 Å². The fourth-order valence-corrected chi connectivity index (χ4v) is 8.66. The molecule has 0 aromatic carbocycles. The van der Waals surface area contributed by atoms with Gasteiger partial charge < -0.3 is 20.1 Å². The predicted molar refractivity (Wildman–Crippen MR) is 156 cm³/mol. The Hall–Kier alpha value is -1.69. The molecule has 0 bridgehead atoms. The molecule has 1 aliphatic heterocycles. The van der Waals surface area contributed by atoms with Gasteiger partial charge in [0.25, 0.3) is 0 Å². The lowest BCUT2D eigenvalue weighted by molar-refractivity contribution is -0.140. The van der Waals surface area contributed by atoms with Crippen LogP contribution in [-0.2, 0) is 9.53 Å². The molecule has 0 amide bonds. The van der Waals surface area contributed by atoms with Gasteiger partial charge in [-0.1, -0.05) is 58.6 Å². The molecule has 0 unspecified atom stereocenters. The third-order valence-corrected chi connectivity index (χ3v) is 10.8. The van der Waals surface area contributed by atoms with E-state index in [0.29, 0.717) is 54.1 Å². The smallest absolute Gasteiger partial charge is 0.334 e. The molecule has 4 aliphatic rings. The molecule has 4 rings (SSSR count). The van der Waals surface area contributed by atoms with E-state index >= 15 is 0 Å². The van der Waals surface area contributed by atoms with Crippen molar-refractivity contribution in [3.05, 3.63) is 47.6 Å². The lowest BCUT2D eigenvalue weighted by atomic mass is 9.60. The molecule has 3 N–H and O–H groups in total. The van der Waals surface area contributed by atoms with Gasteiger partial charge in [0.2, 0.25) is 0 Å². The topological polar surface area (TPSA) is 87.0 Å². The molecule has 3 saturated carbocycles. The minimum Gasteiger partial charge on any atom is -0.458 e. The number of ether oxygens (including phenoxy) is 1. The molecule has 0 radical (unpaired) electrons. The molecule has 39 heavy (non-hydrogen) atoms. The Bertz CT molecular complexity index is 992. The van der Waals surface area contributed by atoms with Gasteiger partial charge >= 0.3 is 5.97 Å². The van der Waals surface area contributed by atoms with E-state index in [1.807, 2.05) is 0 Å². The molecule has 0 aromatic heterocycles. The molecule has 0 spiro atoms. The standard InChI is InChI=1S/C34H52O5/c1-20(2)17-27-23(5)33(38)39-31(27)18-21(3)28-13-14-29-24(9-7-15-34(28,29)6)11-12-25-19-30(36)26(10-8-16-35)32(37)22(25)4/h11-12,20-21,26-32,35-37H,4-5,7-10,13-19H2,1-3,6H3/b24-11+,25-12-/t21-,26+,27-,28-,29+,30-,31+,32-,34-/m1/s1. The number of allylic oxidation sites excluding steroid dienone is 3. The monoisotopic (exact) mass is 540 g/mol.